The van der Waals surface area contributed by atoms with E-state index in [1.165, 1.54) is 0 Å². The van der Waals surface area contributed by atoms with Crippen molar-refractivity contribution in [3.8, 4) is 0 Å². The van der Waals surface area contributed by atoms with Gasteiger partial charge < -0.3 is 9.47 Å². The van der Waals surface area contributed by atoms with Crippen LogP contribution in [0.4, 0.5) is 4.79 Å². The van der Waals surface area contributed by atoms with Gasteiger partial charge in [0.05, 0.1) is 13.4 Å². The van der Waals surface area contributed by atoms with Crippen molar-refractivity contribution in [3.63, 3.8) is 0 Å². The summed E-state index contributed by atoms with van der Waals surface area (Å²) >= 11 is 0. The van der Waals surface area contributed by atoms with Gasteiger partial charge in [-0.25, -0.2) is 14.5 Å². The molecule has 0 aromatic rings. The quantitative estimate of drug-likeness (QED) is 0.523. The van der Waals surface area contributed by atoms with Crippen molar-refractivity contribution in [1.29, 1.82) is 0 Å². The van der Waals surface area contributed by atoms with Crippen LogP contribution >= 0.6 is 0 Å². The lowest BCUT2D eigenvalue weighted by molar-refractivity contribution is -0.149. The van der Waals surface area contributed by atoms with Crippen LogP contribution in [0.1, 0.15) is 27.2 Å². The minimum atomic E-state index is -3.93. The average molecular weight is 337 g/mol. The zero-order valence-corrected chi connectivity index (χ0v) is 13.8. The number of nitrogens with zero attached hydrogens (tertiary/aromatic N) is 1. The summed E-state index contributed by atoms with van der Waals surface area (Å²) in [4.78, 5) is 36.5. The molecule has 2 amide bonds. The molecule has 1 saturated heterocycles. The molecular formula is C12H19NO8S. The number of carbonyl (C=O) groups is 3. The zero-order chi connectivity index (χ0) is 17.3. The molecule has 1 aliphatic rings. The van der Waals surface area contributed by atoms with Gasteiger partial charge in [-0.05, 0) is 20.8 Å². The van der Waals surface area contributed by atoms with E-state index in [2.05, 4.69) is 8.92 Å². The van der Waals surface area contributed by atoms with E-state index in [0.717, 1.165) is 13.4 Å². The second-order valence-corrected chi connectivity index (χ2v) is 7.35. The lowest BCUT2D eigenvalue weighted by Crippen LogP contribution is -2.46. The van der Waals surface area contributed by atoms with Gasteiger partial charge in [-0.2, -0.15) is 8.42 Å². The molecule has 0 aromatic heterocycles. The zero-order valence-electron chi connectivity index (χ0n) is 13.0. The van der Waals surface area contributed by atoms with Crippen molar-refractivity contribution in [2.24, 2.45) is 0 Å². The highest BCUT2D eigenvalue weighted by Gasteiger charge is 2.50. The SMILES string of the molecule is COC(=O)[C@@H]1CC(OS(C)(=O)=O)C(=O)N1C(=O)OC(C)(C)C. The van der Waals surface area contributed by atoms with Gasteiger partial charge in [0.2, 0.25) is 0 Å². The Labute approximate surface area is 128 Å². The van der Waals surface area contributed by atoms with Gasteiger partial charge in [0.25, 0.3) is 16.0 Å². The maximum absolute atomic E-state index is 12.2. The molecule has 0 bridgehead atoms. The van der Waals surface area contributed by atoms with Crippen LogP contribution in [0, 0.1) is 0 Å². The standard InChI is InChI=1S/C12H19NO8S/c1-12(2,3)20-11(16)13-7(10(15)19-4)6-8(9(13)14)21-22(5,17)18/h7-8H,6H2,1-5H3/t7-,8?/m0/s1. The number of rotatable bonds is 3. The van der Waals surface area contributed by atoms with E-state index in [1.807, 2.05) is 0 Å². The number of amides is 2. The predicted octanol–water partition coefficient (Wildman–Crippen LogP) is 0.0402. The molecule has 126 valence electrons. The summed E-state index contributed by atoms with van der Waals surface area (Å²) in [5, 5.41) is 0. The highest BCUT2D eigenvalue weighted by Crippen LogP contribution is 2.26. The van der Waals surface area contributed by atoms with E-state index in [-0.39, 0.29) is 6.42 Å². The highest BCUT2D eigenvalue weighted by atomic mass is 32.2. The molecule has 1 fully saturated rings. The molecule has 0 saturated carbocycles. The summed E-state index contributed by atoms with van der Waals surface area (Å²) in [5.41, 5.74) is -0.895. The number of imide groups is 1. The second-order valence-electron chi connectivity index (χ2n) is 5.75. The third kappa shape index (κ3) is 4.67. The molecular weight excluding hydrogens is 318 g/mol. The summed E-state index contributed by atoms with van der Waals surface area (Å²) in [5.74, 6) is -1.83. The van der Waals surface area contributed by atoms with Crippen molar-refractivity contribution >= 4 is 28.1 Å². The molecule has 2 atom stereocenters. The monoisotopic (exact) mass is 337 g/mol. The summed E-state index contributed by atoms with van der Waals surface area (Å²) in [6.45, 7) is 4.76. The maximum Gasteiger partial charge on any atom is 0.417 e. The Morgan fingerprint density at radius 3 is 2.23 bits per heavy atom. The Balaban J connectivity index is 3.06. The Kier molecular flexibility index (Phi) is 5.18. The molecule has 0 N–H and O–H groups in total. The smallest absolute Gasteiger partial charge is 0.417 e. The average Bonchev–Trinajstić information content (AvgIpc) is 2.61. The van der Waals surface area contributed by atoms with Crippen molar-refractivity contribution in [1.82, 2.24) is 4.90 Å². The van der Waals surface area contributed by atoms with Crippen molar-refractivity contribution in [3.05, 3.63) is 0 Å². The van der Waals surface area contributed by atoms with Crippen LogP contribution in [0.25, 0.3) is 0 Å². The summed E-state index contributed by atoms with van der Waals surface area (Å²) in [6, 6.07) is -1.29. The number of hydrogen-bond donors (Lipinski definition) is 0. The minimum absolute atomic E-state index is 0.322. The fraction of sp³-hybridized carbons (Fsp3) is 0.750. The van der Waals surface area contributed by atoms with Gasteiger partial charge in [-0.1, -0.05) is 0 Å². The van der Waals surface area contributed by atoms with Crippen LogP contribution in [-0.2, 0) is 33.4 Å². The molecule has 10 heteroatoms. The Morgan fingerprint density at radius 2 is 1.82 bits per heavy atom. The van der Waals surface area contributed by atoms with Gasteiger partial charge in [0.15, 0.2) is 6.10 Å². The second kappa shape index (κ2) is 6.21. The number of likely N-dealkylation sites (tertiary alicyclic amines) is 1. The summed E-state index contributed by atoms with van der Waals surface area (Å²) in [6.07, 6.45) is -2.08. The van der Waals surface area contributed by atoms with Gasteiger partial charge in [-0.3, -0.25) is 8.98 Å². The van der Waals surface area contributed by atoms with Crippen LogP contribution in [-0.4, -0.2) is 62.4 Å². The van der Waals surface area contributed by atoms with Gasteiger partial charge in [-0.15, -0.1) is 0 Å². The van der Waals surface area contributed by atoms with Gasteiger partial charge in [0.1, 0.15) is 11.6 Å². The topological polar surface area (TPSA) is 116 Å². The molecule has 0 radical (unpaired) electrons. The molecule has 0 aliphatic carbocycles. The Morgan fingerprint density at radius 1 is 1.27 bits per heavy atom. The number of methoxy groups -OCH3 is 1. The normalized spacial score (nSPS) is 22.6. The predicted molar refractivity (Wildman–Crippen MR) is 73.2 cm³/mol. The lowest BCUT2D eigenvalue weighted by Gasteiger charge is -2.25. The van der Waals surface area contributed by atoms with E-state index < -0.39 is 45.8 Å². The lowest BCUT2D eigenvalue weighted by atomic mass is 10.2. The third-order valence-corrected chi connectivity index (χ3v) is 3.20. The van der Waals surface area contributed by atoms with Crippen molar-refractivity contribution in [2.45, 2.75) is 44.9 Å². The minimum Gasteiger partial charge on any atom is -0.467 e. The molecule has 1 heterocycles. The Bertz CT molecular complexity index is 576. The Hall–Kier alpha value is -1.68. The van der Waals surface area contributed by atoms with Crippen LogP contribution < -0.4 is 0 Å². The first-order valence-electron chi connectivity index (χ1n) is 6.38. The molecule has 1 rings (SSSR count). The van der Waals surface area contributed by atoms with E-state index in [1.54, 1.807) is 20.8 Å². The molecule has 22 heavy (non-hydrogen) atoms. The summed E-state index contributed by atoms with van der Waals surface area (Å²) in [7, 11) is -2.84. The highest BCUT2D eigenvalue weighted by molar-refractivity contribution is 7.86. The molecule has 0 aromatic carbocycles. The number of ether oxygens (including phenoxy) is 2. The van der Waals surface area contributed by atoms with Crippen LogP contribution in [0.2, 0.25) is 0 Å². The van der Waals surface area contributed by atoms with E-state index in [0.29, 0.717) is 4.90 Å². The number of hydrogen-bond acceptors (Lipinski definition) is 8. The first kappa shape index (κ1) is 18.4. The first-order valence-corrected chi connectivity index (χ1v) is 8.19. The molecule has 9 nitrogen and oxygen atoms in total. The first-order chi connectivity index (χ1) is 9.85. The maximum atomic E-state index is 12.2. The molecule has 1 unspecified atom stereocenters. The van der Waals surface area contributed by atoms with E-state index in [9.17, 15) is 22.8 Å². The van der Waals surface area contributed by atoms with Gasteiger partial charge in [0, 0.05) is 6.42 Å². The van der Waals surface area contributed by atoms with Gasteiger partial charge >= 0.3 is 12.1 Å². The van der Waals surface area contributed by atoms with Crippen LogP contribution in [0.15, 0.2) is 0 Å². The van der Waals surface area contributed by atoms with Crippen LogP contribution in [0.3, 0.4) is 0 Å². The fourth-order valence-corrected chi connectivity index (χ4v) is 2.46. The summed E-state index contributed by atoms with van der Waals surface area (Å²) < 4.78 is 36.5. The largest absolute Gasteiger partial charge is 0.467 e. The van der Waals surface area contributed by atoms with Crippen molar-refractivity contribution < 1.29 is 36.5 Å². The number of carbonyl (C=O) groups excluding carboxylic acids is 3. The van der Waals surface area contributed by atoms with E-state index in [4.69, 9.17) is 4.74 Å². The molecule has 0 spiro atoms. The van der Waals surface area contributed by atoms with Crippen molar-refractivity contribution in [2.75, 3.05) is 13.4 Å². The van der Waals surface area contributed by atoms with E-state index >= 15 is 0 Å². The van der Waals surface area contributed by atoms with Crippen LogP contribution in [0.5, 0.6) is 0 Å². The third-order valence-electron chi connectivity index (χ3n) is 2.62. The molecule has 1 aliphatic heterocycles. The fourth-order valence-electron chi connectivity index (χ4n) is 1.88. The number of esters is 1.